The van der Waals surface area contributed by atoms with Crippen LogP contribution in [0, 0.1) is 41.4 Å². The molecule has 5 aliphatic heterocycles. The van der Waals surface area contributed by atoms with E-state index in [2.05, 4.69) is 21.3 Å². The van der Waals surface area contributed by atoms with Crippen molar-refractivity contribution in [3.8, 4) is 11.5 Å². The zero-order valence-electron chi connectivity index (χ0n) is 54.5. The van der Waals surface area contributed by atoms with Gasteiger partial charge in [-0.15, -0.1) is 0 Å². The van der Waals surface area contributed by atoms with Crippen LogP contribution in [-0.4, -0.2) is 232 Å². The summed E-state index contributed by atoms with van der Waals surface area (Å²) in [4.78, 5) is 199. The van der Waals surface area contributed by atoms with Gasteiger partial charge in [-0.25, -0.2) is 14.6 Å². The molecule has 0 unspecified atom stereocenters. The first kappa shape index (κ1) is 69.6. The van der Waals surface area contributed by atoms with E-state index in [0.717, 1.165) is 15.9 Å². The van der Waals surface area contributed by atoms with Crippen molar-refractivity contribution in [2.75, 3.05) is 54.4 Å². The van der Waals surface area contributed by atoms with Gasteiger partial charge in [0, 0.05) is 52.4 Å². The summed E-state index contributed by atoms with van der Waals surface area (Å²) in [5.74, 6) is -14.0. The monoisotopic (exact) mass is 1270 g/mol. The molecule has 494 valence electrons. The fourth-order valence-corrected chi connectivity index (χ4v) is 12.3. The first-order valence-electron chi connectivity index (χ1n) is 30.7. The Bertz CT molecular complexity index is 3540. The molecular formula is C62H85N13O16. The molecule has 7 rings (SSSR count). The lowest BCUT2D eigenvalue weighted by atomic mass is 9.94. The van der Waals surface area contributed by atoms with Crippen LogP contribution in [0.15, 0.2) is 10.5 Å². The number of fused-ring (bicyclic) bond motifs is 4. The van der Waals surface area contributed by atoms with Crippen LogP contribution in [0.4, 0.5) is 0 Å². The standard InChI is InChI=1S/C62H85N13O16/c1-26(2)42-59(85)74-21-17-19-36(74)57(83)70(13)24-38(76)72(15)48(28(5)6)61(87)89-32(11)44(55(81)66-42)68-53(79)34-23-35(63)30(9)51-46(34)65-47-40(41(64)50(78)31(10)52(47)91-51)54(80)69-45-33(12)90-62(88)49(29(7)8)73(16)39(77)25-71(14)58(84)37-20-18-22-75(37)60(86)43(27(3)4)67-56(45)82/h23,26-29,32-33,36-37,42-45,48-49,63-64H,17-22,24-25H2,1-16H3,(H,66,81)(H,67,82)(H,68,79)(H,69,80)/t32-,33-,36+,37+,42-,43-,44+,45-,48+,49+/m1/s1. The molecule has 0 aromatic carbocycles. The third-order valence-corrected chi connectivity index (χ3v) is 17.7. The fourth-order valence-electron chi connectivity index (χ4n) is 12.3. The molecule has 4 fully saturated rings. The van der Waals surface area contributed by atoms with Gasteiger partial charge in [-0.1, -0.05) is 55.4 Å². The van der Waals surface area contributed by atoms with E-state index in [9.17, 15) is 52.7 Å². The second-order valence-electron chi connectivity index (χ2n) is 25.7. The van der Waals surface area contributed by atoms with Crippen molar-refractivity contribution in [3.05, 3.63) is 33.3 Å². The van der Waals surface area contributed by atoms with Gasteiger partial charge in [0.25, 0.3) is 11.8 Å². The molecule has 0 radical (unpaired) electrons. The predicted octanol–water partition coefficient (Wildman–Crippen LogP) is -1.89. The van der Waals surface area contributed by atoms with E-state index >= 15 is 9.59 Å². The highest BCUT2D eigenvalue weighted by atomic mass is 16.6. The molecule has 7 aliphatic rings. The first-order valence-corrected chi connectivity index (χ1v) is 30.7. The van der Waals surface area contributed by atoms with Gasteiger partial charge in [-0.05, 0) is 83.1 Å². The number of carbonyl (C=O) groups is 13. The molecule has 10 atom stereocenters. The van der Waals surface area contributed by atoms with Crippen molar-refractivity contribution in [1.82, 2.24) is 55.7 Å². The summed E-state index contributed by atoms with van der Waals surface area (Å²) in [6, 6.07) is -9.95. The van der Waals surface area contributed by atoms with Gasteiger partial charge >= 0.3 is 11.9 Å². The van der Waals surface area contributed by atoms with Crippen LogP contribution in [-0.2, 0) is 67.0 Å². The average Bonchev–Trinajstić information content (AvgIpc) is 1.33. The lowest BCUT2D eigenvalue weighted by Crippen LogP contribution is -2.62. The van der Waals surface area contributed by atoms with Crippen LogP contribution in [0.1, 0.15) is 118 Å². The van der Waals surface area contributed by atoms with E-state index in [1.54, 1.807) is 55.4 Å². The number of hydrogen-bond acceptors (Lipinski definition) is 19. The molecule has 4 saturated heterocycles. The Morgan fingerprint density at radius 3 is 1.44 bits per heavy atom. The van der Waals surface area contributed by atoms with Crippen LogP contribution in [0.25, 0.3) is 22.6 Å². The molecule has 5 heterocycles. The molecule has 0 spiro atoms. The molecule has 29 nitrogen and oxygen atoms in total. The Balaban J connectivity index is 1.35. The van der Waals surface area contributed by atoms with Crippen molar-refractivity contribution in [2.45, 2.75) is 169 Å². The van der Waals surface area contributed by atoms with Crippen molar-refractivity contribution >= 4 is 93.7 Å². The van der Waals surface area contributed by atoms with Gasteiger partial charge in [-0.3, -0.25) is 58.1 Å². The molecule has 2 aliphatic carbocycles. The van der Waals surface area contributed by atoms with Gasteiger partial charge in [0.15, 0.2) is 11.2 Å². The number of hydrogen-bond donors (Lipinski definition) is 6. The number of carbonyl (C=O) groups excluding carboxylic acids is 13. The number of nitrogens with zero attached hydrogens (tertiary/aromatic N) is 7. The van der Waals surface area contributed by atoms with Crippen molar-refractivity contribution < 1.29 is 76.2 Å². The molecule has 10 amide bonds. The van der Waals surface area contributed by atoms with E-state index in [-0.39, 0.29) is 53.9 Å². The minimum Gasteiger partial charge on any atom is -0.458 e. The van der Waals surface area contributed by atoms with E-state index in [4.69, 9.17) is 29.7 Å². The van der Waals surface area contributed by atoms with Gasteiger partial charge in [0.05, 0.1) is 29.6 Å². The maximum atomic E-state index is 15.2. The molecular weight excluding hydrogens is 1180 g/mol. The van der Waals surface area contributed by atoms with Gasteiger partial charge in [-0.2, -0.15) is 0 Å². The maximum Gasteiger partial charge on any atom is 0.329 e. The summed E-state index contributed by atoms with van der Waals surface area (Å²) < 4.78 is 18.2. The van der Waals surface area contributed by atoms with Gasteiger partial charge < -0.3 is 70.0 Å². The van der Waals surface area contributed by atoms with Crippen LogP contribution >= 0.6 is 0 Å². The number of ether oxygens (including phenoxy) is 2. The Labute approximate surface area is 526 Å². The third kappa shape index (κ3) is 13.9. The lowest BCUT2D eigenvalue weighted by molar-refractivity contribution is -0.163. The number of amides is 10. The van der Waals surface area contributed by atoms with Gasteiger partial charge in [0.1, 0.15) is 77.3 Å². The SMILES string of the molecule is CC1=c2oc3c(C)c(=N)cc(C(=O)N[C@@H]4C(=O)N[C@H](C(C)C)C(=O)N5CCC[C@H]5C(=O)N(C)CC(=O)N(C)[C@@H](C(C)C)C(=O)O[C@@H]4C)c-3nc2=C(C(=O)N[C@H]2C(=O)N[C@H](C(C)C)C(=O)N3CCC[C@H]3C(=O)N(C)CC(=O)N(C)[C@@H](C(C)C)C(=O)O[C@@H]2C)C(=N)C1=O. The number of ketones is 1. The number of aromatic nitrogens is 1. The number of cyclic esters (lactones) is 2. The quantitative estimate of drug-likeness (QED) is 0.157. The number of benzene rings is 1. The molecule has 0 aromatic heterocycles. The second kappa shape index (κ2) is 27.7. The van der Waals surface area contributed by atoms with E-state index < -0.39 is 202 Å². The zero-order valence-corrected chi connectivity index (χ0v) is 54.5. The number of esters is 2. The smallest absolute Gasteiger partial charge is 0.329 e. The van der Waals surface area contributed by atoms with Crippen molar-refractivity contribution in [3.63, 3.8) is 0 Å². The number of Topliss-reactive ketones (excluding diaryl/α,β-unsaturated/α-hetero) is 1. The highest BCUT2D eigenvalue weighted by Crippen LogP contribution is 2.28. The predicted molar refractivity (Wildman–Crippen MR) is 324 cm³/mol. The summed E-state index contributed by atoms with van der Waals surface area (Å²) in [5, 5.41) is 27.8. The number of nitrogens with one attached hydrogen (secondary N) is 6. The zero-order chi connectivity index (χ0) is 67.8. The fraction of sp³-hybridized carbons (Fsp3) is 0.613. The summed E-state index contributed by atoms with van der Waals surface area (Å²) in [6.07, 6.45) is -1.82. The van der Waals surface area contributed by atoms with Crippen molar-refractivity contribution in [1.29, 1.82) is 10.8 Å². The number of likely N-dealkylation sites (N-methyl/N-ethyl adjacent to an activating group) is 4. The minimum atomic E-state index is -1.94. The summed E-state index contributed by atoms with van der Waals surface area (Å²) in [6.45, 7) is 17.8. The molecule has 0 saturated carbocycles. The Morgan fingerprint density at radius 2 is 1.03 bits per heavy atom. The topological polar surface area (TPSA) is 382 Å². The first-order chi connectivity index (χ1) is 42.5. The molecule has 0 aromatic rings. The molecule has 29 heteroatoms. The van der Waals surface area contributed by atoms with Crippen LogP contribution in [0.3, 0.4) is 0 Å². The second-order valence-corrected chi connectivity index (χ2v) is 25.7. The van der Waals surface area contributed by atoms with Crippen LogP contribution < -0.4 is 37.4 Å². The van der Waals surface area contributed by atoms with E-state index in [1.165, 1.54) is 75.5 Å². The van der Waals surface area contributed by atoms with Crippen molar-refractivity contribution in [2.24, 2.45) is 23.7 Å². The third-order valence-electron chi connectivity index (χ3n) is 17.7. The Morgan fingerprint density at radius 1 is 0.615 bits per heavy atom. The summed E-state index contributed by atoms with van der Waals surface area (Å²) in [5.41, 5.74) is -3.22. The minimum absolute atomic E-state index is 0.0661. The maximum absolute atomic E-state index is 15.2. The normalized spacial score (nSPS) is 26.9. The average molecular weight is 1270 g/mol. The Kier molecular flexibility index (Phi) is 21.1. The molecule has 0 bridgehead atoms. The highest BCUT2D eigenvalue weighted by Gasteiger charge is 2.47. The summed E-state index contributed by atoms with van der Waals surface area (Å²) in [7, 11) is 5.53. The Hall–Kier alpha value is -8.92. The highest BCUT2D eigenvalue weighted by molar-refractivity contribution is 6.70. The largest absolute Gasteiger partial charge is 0.458 e. The van der Waals surface area contributed by atoms with Crippen LogP contribution in [0.2, 0.25) is 0 Å². The van der Waals surface area contributed by atoms with E-state index in [1.807, 2.05) is 0 Å². The van der Waals surface area contributed by atoms with Crippen LogP contribution in [0.5, 0.6) is 0 Å². The lowest BCUT2D eigenvalue weighted by Gasteiger charge is -2.36. The van der Waals surface area contributed by atoms with Gasteiger partial charge in [0.2, 0.25) is 53.0 Å². The summed E-state index contributed by atoms with van der Waals surface area (Å²) >= 11 is 0. The molecule has 6 N–H and O–H groups in total. The van der Waals surface area contributed by atoms with E-state index in [0.29, 0.717) is 12.8 Å². The molecule has 91 heavy (non-hydrogen) atoms. The number of rotatable bonds is 8.